The van der Waals surface area contributed by atoms with Crippen molar-refractivity contribution < 1.29 is 9.31 Å². The lowest BCUT2D eigenvalue weighted by molar-refractivity contribution is -0.384. The van der Waals surface area contributed by atoms with Gasteiger partial charge in [-0.1, -0.05) is 13.3 Å². The van der Waals surface area contributed by atoms with Gasteiger partial charge < -0.3 is 4.90 Å². The van der Waals surface area contributed by atoms with E-state index in [1.807, 2.05) is 16.7 Å². The molecule has 110 valence electrons. The molecule has 4 nitrogen and oxygen atoms in total. The Morgan fingerprint density at radius 2 is 2.30 bits per heavy atom. The summed E-state index contributed by atoms with van der Waals surface area (Å²) in [6, 6.07) is 3.85. The average molecular weight is 298 g/mol. The van der Waals surface area contributed by atoms with Crippen molar-refractivity contribution in [1.29, 1.82) is 0 Å². The molecular formula is C14H19FN2O2S. The average Bonchev–Trinajstić information content (AvgIpc) is 2.64. The molecule has 0 saturated carbocycles. The molecule has 1 aliphatic heterocycles. The van der Waals surface area contributed by atoms with Gasteiger partial charge in [-0.05, 0) is 30.7 Å². The van der Waals surface area contributed by atoms with Gasteiger partial charge in [0.05, 0.1) is 11.0 Å². The Kier molecular flexibility index (Phi) is 5.23. The predicted octanol–water partition coefficient (Wildman–Crippen LogP) is 3.85. The highest BCUT2D eigenvalue weighted by atomic mass is 32.2. The molecular weight excluding hydrogens is 279 g/mol. The van der Waals surface area contributed by atoms with E-state index >= 15 is 0 Å². The first-order chi connectivity index (χ1) is 9.61. The molecule has 0 amide bonds. The van der Waals surface area contributed by atoms with Gasteiger partial charge in [0.25, 0.3) is 5.69 Å². The molecule has 0 radical (unpaired) electrons. The lowest BCUT2D eigenvalue weighted by Crippen LogP contribution is -2.30. The number of nitrogens with zero attached hydrogens (tertiary/aromatic N) is 2. The first kappa shape index (κ1) is 15.1. The number of benzene rings is 1. The fourth-order valence-corrected chi connectivity index (χ4v) is 3.69. The largest absolute Gasteiger partial charge is 0.365 e. The van der Waals surface area contributed by atoms with Crippen molar-refractivity contribution in [2.24, 2.45) is 0 Å². The van der Waals surface area contributed by atoms with E-state index < -0.39 is 10.7 Å². The van der Waals surface area contributed by atoms with E-state index in [1.165, 1.54) is 12.1 Å². The quantitative estimate of drug-likeness (QED) is 0.626. The summed E-state index contributed by atoms with van der Waals surface area (Å²) in [5.74, 6) is 0.485. The van der Waals surface area contributed by atoms with E-state index in [0.717, 1.165) is 44.2 Å². The molecule has 20 heavy (non-hydrogen) atoms. The van der Waals surface area contributed by atoms with E-state index in [9.17, 15) is 14.5 Å². The van der Waals surface area contributed by atoms with E-state index in [2.05, 4.69) is 6.92 Å². The number of nitro groups is 1. The van der Waals surface area contributed by atoms with Crippen LogP contribution in [0.3, 0.4) is 0 Å². The predicted molar refractivity (Wildman–Crippen MR) is 81.0 cm³/mol. The topological polar surface area (TPSA) is 46.4 Å². The number of thioether (sulfide) groups is 1. The molecule has 2 rings (SSSR count). The van der Waals surface area contributed by atoms with Gasteiger partial charge in [-0.15, -0.1) is 0 Å². The monoisotopic (exact) mass is 298 g/mol. The van der Waals surface area contributed by atoms with E-state index in [0.29, 0.717) is 10.9 Å². The third kappa shape index (κ3) is 3.62. The lowest BCUT2D eigenvalue weighted by Gasteiger charge is -2.25. The second kappa shape index (κ2) is 6.92. The maximum absolute atomic E-state index is 13.2. The zero-order valence-corrected chi connectivity index (χ0v) is 12.4. The first-order valence-corrected chi connectivity index (χ1v) is 7.97. The summed E-state index contributed by atoms with van der Waals surface area (Å²) in [4.78, 5) is 12.7. The Hall–Kier alpha value is -1.30. The fraction of sp³-hybridized carbons (Fsp3) is 0.571. The minimum absolute atomic E-state index is 0.132. The number of halogens is 1. The number of hydrogen-bond donors (Lipinski definition) is 0. The van der Waals surface area contributed by atoms with Gasteiger partial charge in [0.15, 0.2) is 0 Å². The van der Waals surface area contributed by atoms with Gasteiger partial charge in [0.1, 0.15) is 11.5 Å². The third-order valence-corrected chi connectivity index (χ3v) is 4.69. The van der Waals surface area contributed by atoms with Gasteiger partial charge in [-0.25, -0.2) is 4.39 Å². The standard InChI is InChI=1S/C14H19FN2O2S/c1-2-20-12-5-3-4-8-16(10-12)13-7-6-11(15)9-14(13)17(18)19/h6-7,9,12H,2-5,8,10H2,1H3. The van der Waals surface area contributed by atoms with E-state index in [4.69, 9.17) is 0 Å². The molecule has 1 aromatic carbocycles. The Morgan fingerprint density at radius 1 is 1.50 bits per heavy atom. The van der Waals surface area contributed by atoms with Crippen LogP contribution in [0.5, 0.6) is 0 Å². The normalized spacial score (nSPS) is 19.7. The Labute approximate surface area is 122 Å². The summed E-state index contributed by atoms with van der Waals surface area (Å²) in [6.45, 7) is 3.72. The summed E-state index contributed by atoms with van der Waals surface area (Å²) < 4.78 is 13.2. The molecule has 0 spiro atoms. The van der Waals surface area contributed by atoms with Crippen LogP contribution in [-0.4, -0.2) is 29.0 Å². The highest BCUT2D eigenvalue weighted by Gasteiger charge is 2.24. The van der Waals surface area contributed by atoms with Crippen LogP contribution in [0.15, 0.2) is 18.2 Å². The minimum Gasteiger partial charge on any atom is -0.365 e. The molecule has 6 heteroatoms. The molecule has 0 aliphatic carbocycles. The van der Waals surface area contributed by atoms with Crippen LogP contribution in [0.25, 0.3) is 0 Å². The van der Waals surface area contributed by atoms with Crippen molar-refractivity contribution in [3.63, 3.8) is 0 Å². The minimum atomic E-state index is -0.560. The second-order valence-electron chi connectivity index (χ2n) is 4.91. The van der Waals surface area contributed by atoms with Crippen molar-refractivity contribution in [3.05, 3.63) is 34.1 Å². The molecule has 1 fully saturated rings. The molecule has 0 aromatic heterocycles. The Balaban J connectivity index is 2.26. The zero-order chi connectivity index (χ0) is 14.5. The maximum atomic E-state index is 13.2. The zero-order valence-electron chi connectivity index (χ0n) is 11.5. The summed E-state index contributed by atoms with van der Waals surface area (Å²) >= 11 is 1.90. The molecule has 1 atom stereocenters. The third-order valence-electron chi connectivity index (χ3n) is 3.51. The van der Waals surface area contributed by atoms with Crippen molar-refractivity contribution in [3.8, 4) is 0 Å². The molecule has 1 saturated heterocycles. The van der Waals surface area contributed by atoms with Crippen LogP contribution in [-0.2, 0) is 0 Å². The summed E-state index contributed by atoms with van der Waals surface area (Å²) in [5, 5.41) is 11.6. The molecule has 0 N–H and O–H groups in total. The smallest absolute Gasteiger partial charge is 0.295 e. The van der Waals surface area contributed by atoms with Crippen LogP contribution in [0.4, 0.5) is 15.8 Å². The number of anilines is 1. The van der Waals surface area contributed by atoms with Gasteiger partial charge in [0, 0.05) is 18.3 Å². The van der Waals surface area contributed by atoms with Gasteiger partial charge >= 0.3 is 0 Å². The number of nitro benzene ring substituents is 1. The second-order valence-corrected chi connectivity index (χ2v) is 6.49. The Bertz CT molecular complexity index is 484. The van der Waals surface area contributed by atoms with E-state index in [-0.39, 0.29) is 5.69 Å². The summed E-state index contributed by atoms with van der Waals surface area (Å²) in [5.41, 5.74) is 0.409. The SMILES string of the molecule is CCSC1CCCCN(c2ccc(F)cc2[N+](=O)[O-])C1. The van der Waals surface area contributed by atoms with Gasteiger partial charge in [0.2, 0.25) is 0 Å². The Morgan fingerprint density at radius 3 is 3.00 bits per heavy atom. The van der Waals surface area contributed by atoms with Crippen LogP contribution in [0.1, 0.15) is 26.2 Å². The maximum Gasteiger partial charge on any atom is 0.295 e. The van der Waals surface area contributed by atoms with Crippen molar-refractivity contribution in [1.82, 2.24) is 0 Å². The molecule has 1 aromatic rings. The van der Waals surface area contributed by atoms with Gasteiger partial charge in [-0.2, -0.15) is 11.8 Å². The highest BCUT2D eigenvalue weighted by molar-refractivity contribution is 7.99. The van der Waals surface area contributed by atoms with Crippen LogP contribution in [0.2, 0.25) is 0 Å². The number of hydrogen-bond acceptors (Lipinski definition) is 4. The lowest BCUT2D eigenvalue weighted by atomic mass is 10.2. The fourth-order valence-electron chi connectivity index (χ4n) is 2.60. The number of rotatable bonds is 4. The van der Waals surface area contributed by atoms with Crippen LogP contribution >= 0.6 is 11.8 Å². The first-order valence-electron chi connectivity index (χ1n) is 6.92. The molecule has 1 heterocycles. The van der Waals surface area contributed by atoms with Gasteiger partial charge in [-0.3, -0.25) is 10.1 Å². The van der Waals surface area contributed by atoms with Crippen molar-refractivity contribution >= 4 is 23.1 Å². The highest BCUT2D eigenvalue weighted by Crippen LogP contribution is 2.32. The van der Waals surface area contributed by atoms with Crippen molar-refractivity contribution in [2.75, 3.05) is 23.7 Å². The summed E-state index contributed by atoms with van der Waals surface area (Å²) in [7, 11) is 0. The molecule has 1 unspecified atom stereocenters. The summed E-state index contributed by atoms with van der Waals surface area (Å²) in [6.07, 6.45) is 3.31. The van der Waals surface area contributed by atoms with E-state index in [1.54, 1.807) is 0 Å². The van der Waals surface area contributed by atoms with Crippen LogP contribution < -0.4 is 4.90 Å². The van der Waals surface area contributed by atoms with Crippen molar-refractivity contribution in [2.45, 2.75) is 31.4 Å². The molecule has 0 bridgehead atoms. The van der Waals surface area contributed by atoms with Crippen LogP contribution in [0, 0.1) is 15.9 Å². The molecule has 1 aliphatic rings.